The topological polar surface area (TPSA) is 89.1 Å². The van der Waals surface area contributed by atoms with Crippen molar-refractivity contribution in [3.8, 4) is 28.4 Å². The zero-order chi connectivity index (χ0) is 30.0. The van der Waals surface area contributed by atoms with Gasteiger partial charge in [-0.25, -0.2) is 4.79 Å². The first-order chi connectivity index (χ1) is 20.1. The lowest BCUT2D eigenvalue weighted by Crippen LogP contribution is -2.52. The summed E-state index contributed by atoms with van der Waals surface area (Å²) in [4.78, 5) is 27.8. The van der Waals surface area contributed by atoms with Crippen molar-refractivity contribution in [2.45, 2.75) is 32.9 Å². The number of nitrogens with zero attached hydrogens (tertiary/aromatic N) is 1. The molecule has 4 aromatic rings. The minimum Gasteiger partial charge on any atom is -0.496 e. The lowest BCUT2D eigenvalue weighted by molar-refractivity contribution is -0.121. The molecular weight excluding hydrogens is 530 g/mol. The number of benzene rings is 4. The highest BCUT2D eigenvalue weighted by atomic mass is 16.5. The Morgan fingerprint density at radius 3 is 2.31 bits per heavy atom. The molecule has 0 unspecified atom stereocenters. The van der Waals surface area contributed by atoms with Crippen LogP contribution < -0.4 is 29.7 Å². The fourth-order valence-electron chi connectivity index (χ4n) is 5.25. The van der Waals surface area contributed by atoms with Crippen molar-refractivity contribution in [2.75, 3.05) is 36.8 Å². The average Bonchev–Trinajstić information content (AvgIpc) is 2.99. The van der Waals surface area contributed by atoms with Crippen molar-refractivity contribution in [3.05, 3.63) is 95.6 Å². The number of carbonyl (C=O) groups excluding carboxylic acids is 2. The zero-order valence-electron chi connectivity index (χ0n) is 24.7. The number of fused-ring (bicyclic) bond motifs is 1. The first kappa shape index (κ1) is 28.5. The Kier molecular flexibility index (Phi) is 7.81. The molecule has 0 aromatic heterocycles. The summed E-state index contributed by atoms with van der Waals surface area (Å²) in [6, 6.07) is 24.2. The van der Waals surface area contributed by atoms with Gasteiger partial charge in [-0.2, -0.15) is 0 Å². The van der Waals surface area contributed by atoms with E-state index in [-0.39, 0.29) is 5.91 Å². The first-order valence-corrected chi connectivity index (χ1v) is 13.7. The Bertz CT molecular complexity index is 1650. The number of para-hydroxylation sites is 2. The van der Waals surface area contributed by atoms with Gasteiger partial charge in [0.2, 0.25) is 0 Å². The molecule has 8 heteroatoms. The van der Waals surface area contributed by atoms with Gasteiger partial charge in [0.25, 0.3) is 5.91 Å². The van der Waals surface area contributed by atoms with E-state index in [0.717, 1.165) is 39.3 Å². The van der Waals surface area contributed by atoms with E-state index in [0.29, 0.717) is 29.4 Å². The van der Waals surface area contributed by atoms with Gasteiger partial charge < -0.3 is 29.7 Å². The van der Waals surface area contributed by atoms with Crippen LogP contribution in [0.25, 0.3) is 11.1 Å². The van der Waals surface area contributed by atoms with Gasteiger partial charge >= 0.3 is 5.97 Å². The highest BCUT2D eigenvalue weighted by Crippen LogP contribution is 2.45. The summed E-state index contributed by atoms with van der Waals surface area (Å²) in [5.41, 5.74) is 5.77. The second kappa shape index (κ2) is 11.5. The fraction of sp³-hybridized carbons (Fsp3) is 0.235. The van der Waals surface area contributed by atoms with E-state index in [1.54, 1.807) is 50.4 Å². The molecule has 1 heterocycles. The van der Waals surface area contributed by atoms with E-state index in [4.69, 9.17) is 14.2 Å². The number of hydrogen-bond donors (Lipinski definition) is 2. The Morgan fingerprint density at radius 1 is 0.905 bits per heavy atom. The van der Waals surface area contributed by atoms with E-state index in [1.165, 1.54) is 0 Å². The van der Waals surface area contributed by atoms with Crippen LogP contribution in [0.4, 0.5) is 17.1 Å². The molecule has 8 nitrogen and oxygen atoms in total. The third-order valence-corrected chi connectivity index (χ3v) is 7.43. The SMILES string of the molecule is COc1ccccc1NCc1c(-c2ccc(OC(=O)c3ccc(C)cc3)cc2OC)ccc2c1N(C)C(=O)C(C)(C)N2. The summed E-state index contributed by atoms with van der Waals surface area (Å²) in [7, 11) is 5.01. The minimum absolute atomic E-state index is 0.0453. The maximum Gasteiger partial charge on any atom is 0.343 e. The van der Waals surface area contributed by atoms with Gasteiger partial charge in [0.1, 0.15) is 22.8 Å². The molecule has 0 spiro atoms. The van der Waals surface area contributed by atoms with Gasteiger partial charge in [0, 0.05) is 30.8 Å². The van der Waals surface area contributed by atoms with Crippen LogP contribution in [0.1, 0.15) is 35.3 Å². The predicted octanol–water partition coefficient (Wildman–Crippen LogP) is 6.68. The maximum absolute atomic E-state index is 13.3. The van der Waals surface area contributed by atoms with Crippen LogP contribution in [0.2, 0.25) is 0 Å². The number of likely N-dealkylation sites (N-methyl/N-ethyl adjacent to an activating group) is 1. The minimum atomic E-state index is -0.753. The van der Waals surface area contributed by atoms with Gasteiger partial charge in [-0.05, 0) is 68.8 Å². The van der Waals surface area contributed by atoms with Gasteiger partial charge in [0.15, 0.2) is 0 Å². The molecule has 1 aliphatic heterocycles. The number of ether oxygens (including phenoxy) is 3. The largest absolute Gasteiger partial charge is 0.496 e. The predicted molar refractivity (Wildman–Crippen MR) is 166 cm³/mol. The molecule has 4 aromatic carbocycles. The van der Waals surface area contributed by atoms with Crippen LogP contribution in [0.3, 0.4) is 0 Å². The lowest BCUT2D eigenvalue weighted by atomic mass is 9.91. The summed E-state index contributed by atoms with van der Waals surface area (Å²) in [5.74, 6) is 1.11. The molecule has 2 N–H and O–H groups in total. The molecule has 0 bridgehead atoms. The standard InChI is InChI=1S/C34H35N3O5/c1-21-11-13-22(14-12-21)32(38)42-23-15-16-25(30(19-23)41-6)24-17-18-28-31(37(4)33(39)34(2,3)36-28)26(24)20-35-27-9-7-8-10-29(27)40-5/h7-19,35-36H,20H2,1-6H3. The molecule has 42 heavy (non-hydrogen) atoms. The van der Waals surface area contributed by atoms with Crippen LogP contribution in [0.5, 0.6) is 17.2 Å². The number of rotatable bonds is 8. The smallest absolute Gasteiger partial charge is 0.343 e. The first-order valence-electron chi connectivity index (χ1n) is 13.7. The Hall–Kier alpha value is -4.98. The average molecular weight is 566 g/mol. The number of carbonyl (C=O) groups is 2. The zero-order valence-corrected chi connectivity index (χ0v) is 24.7. The van der Waals surface area contributed by atoms with Crippen molar-refractivity contribution in [1.82, 2.24) is 0 Å². The molecule has 5 rings (SSSR count). The molecule has 1 amide bonds. The van der Waals surface area contributed by atoms with E-state index in [2.05, 4.69) is 10.6 Å². The molecule has 0 atom stereocenters. The van der Waals surface area contributed by atoms with E-state index < -0.39 is 11.5 Å². The fourth-order valence-corrected chi connectivity index (χ4v) is 5.25. The van der Waals surface area contributed by atoms with Gasteiger partial charge in [-0.1, -0.05) is 35.9 Å². The van der Waals surface area contributed by atoms with Crippen molar-refractivity contribution >= 4 is 28.9 Å². The van der Waals surface area contributed by atoms with Crippen LogP contribution in [-0.2, 0) is 11.3 Å². The van der Waals surface area contributed by atoms with Gasteiger partial charge in [-0.15, -0.1) is 0 Å². The van der Waals surface area contributed by atoms with Crippen LogP contribution in [-0.4, -0.2) is 38.7 Å². The molecule has 216 valence electrons. The number of nitrogens with one attached hydrogen (secondary N) is 2. The Labute approximate surface area is 246 Å². The second-order valence-corrected chi connectivity index (χ2v) is 10.8. The number of esters is 1. The number of hydrogen-bond acceptors (Lipinski definition) is 7. The molecule has 0 fully saturated rings. The number of aryl methyl sites for hydroxylation is 1. The summed E-state index contributed by atoms with van der Waals surface area (Å²) < 4.78 is 17.0. The van der Waals surface area contributed by atoms with Crippen LogP contribution in [0, 0.1) is 6.92 Å². The monoisotopic (exact) mass is 565 g/mol. The summed E-state index contributed by atoms with van der Waals surface area (Å²) >= 11 is 0. The quantitative estimate of drug-likeness (QED) is 0.182. The highest BCUT2D eigenvalue weighted by Gasteiger charge is 2.38. The van der Waals surface area contributed by atoms with E-state index in [1.807, 2.05) is 75.4 Å². The van der Waals surface area contributed by atoms with E-state index >= 15 is 0 Å². The van der Waals surface area contributed by atoms with Crippen molar-refractivity contribution < 1.29 is 23.8 Å². The van der Waals surface area contributed by atoms with E-state index in [9.17, 15) is 9.59 Å². The highest BCUT2D eigenvalue weighted by molar-refractivity contribution is 6.09. The molecule has 1 aliphatic rings. The molecule has 0 saturated carbocycles. The van der Waals surface area contributed by atoms with Crippen molar-refractivity contribution in [1.29, 1.82) is 0 Å². The molecule has 0 radical (unpaired) electrons. The normalized spacial score (nSPS) is 13.6. The van der Waals surface area contributed by atoms with Crippen molar-refractivity contribution in [2.24, 2.45) is 0 Å². The lowest BCUT2D eigenvalue weighted by Gasteiger charge is -2.40. The third-order valence-electron chi connectivity index (χ3n) is 7.43. The number of anilines is 3. The second-order valence-electron chi connectivity index (χ2n) is 10.8. The Balaban J connectivity index is 1.56. The molecule has 0 saturated heterocycles. The third kappa shape index (κ3) is 5.48. The summed E-state index contributed by atoms with van der Waals surface area (Å²) in [6.45, 7) is 6.10. The molecule has 0 aliphatic carbocycles. The van der Waals surface area contributed by atoms with Crippen molar-refractivity contribution in [3.63, 3.8) is 0 Å². The Morgan fingerprint density at radius 2 is 1.60 bits per heavy atom. The summed E-state index contributed by atoms with van der Waals surface area (Å²) in [5, 5.41) is 6.90. The maximum atomic E-state index is 13.3. The van der Waals surface area contributed by atoms with Gasteiger partial charge in [0.05, 0.1) is 36.8 Å². The molecular formula is C34H35N3O5. The summed E-state index contributed by atoms with van der Waals surface area (Å²) in [6.07, 6.45) is 0. The van der Waals surface area contributed by atoms with Crippen LogP contribution >= 0.6 is 0 Å². The van der Waals surface area contributed by atoms with Crippen LogP contribution in [0.15, 0.2) is 78.9 Å². The van der Waals surface area contributed by atoms with Gasteiger partial charge in [-0.3, -0.25) is 4.79 Å². The number of amides is 1. The number of methoxy groups -OCH3 is 2.